The molecule has 0 saturated carbocycles. The number of thioether (sulfide) groups is 1. The van der Waals surface area contributed by atoms with E-state index in [1.54, 1.807) is 24.3 Å². The zero-order valence-corrected chi connectivity index (χ0v) is 18.4. The van der Waals surface area contributed by atoms with Crippen LogP contribution in [-0.4, -0.2) is 39.8 Å². The predicted octanol–water partition coefficient (Wildman–Crippen LogP) is 4.66. The van der Waals surface area contributed by atoms with Gasteiger partial charge in [0.05, 0.1) is 49.2 Å². The van der Waals surface area contributed by atoms with Gasteiger partial charge in [0, 0.05) is 12.2 Å². The average molecular weight is 447 g/mol. The van der Waals surface area contributed by atoms with Gasteiger partial charge in [-0.1, -0.05) is 23.9 Å². The molecule has 162 valence electrons. The van der Waals surface area contributed by atoms with Crippen LogP contribution in [0.25, 0.3) is 16.7 Å². The number of nitrogens with zero attached hydrogens (tertiary/aromatic N) is 4. The number of nitriles is 1. The Labute approximate surface area is 190 Å². The number of amides is 1. The number of imidazole rings is 1. The number of carbonyl (C=O) groups excluding carboxylic acids is 1. The van der Waals surface area contributed by atoms with E-state index in [4.69, 9.17) is 19.4 Å². The predicted molar refractivity (Wildman–Crippen MR) is 123 cm³/mol. The Morgan fingerprint density at radius 3 is 2.72 bits per heavy atom. The standard InChI is InChI=1S/C24H22N4O3S/c1-30-19-11-9-18(10-12-19)28-22-8-3-2-7-21(22)26-24(28)32-17-23(29)27(14-5-13-25)16-20-6-4-15-31-20/h2-4,6-12,15H,5,14,16-17H2,1H3. The number of hydrogen-bond donors (Lipinski definition) is 0. The van der Waals surface area contributed by atoms with E-state index < -0.39 is 0 Å². The van der Waals surface area contributed by atoms with E-state index in [-0.39, 0.29) is 18.1 Å². The van der Waals surface area contributed by atoms with Crippen molar-refractivity contribution in [2.24, 2.45) is 0 Å². The monoisotopic (exact) mass is 446 g/mol. The fourth-order valence-electron chi connectivity index (χ4n) is 3.37. The fourth-order valence-corrected chi connectivity index (χ4v) is 4.30. The van der Waals surface area contributed by atoms with Crippen molar-refractivity contribution in [1.29, 1.82) is 5.26 Å². The Morgan fingerprint density at radius 2 is 2.00 bits per heavy atom. The van der Waals surface area contributed by atoms with Crippen molar-refractivity contribution in [3.8, 4) is 17.5 Å². The smallest absolute Gasteiger partial charge is 0.233 e. The van der Waals surface area contributed by atoms with E-state index in [2.05, 4.69) is 6.07 Å². The second-order valence-corrected chi connectivity index (χ2v) is 7.95. The van der Waals surface area contributed by atoms with E-state index in [9.17, 15) is 4.79 Å². The number of carbonyl (C=O) groups is 1. The molecule has 0 spiro atoms. The molecular weight excluding hydrogens is 424 g/mol. The van der Waals surface area contributed by atoms with Crippen LogP contribution in [-0.2, 0) is 11.3 Å². The van der Waals surface area contributed by atoms with Gasteiger partial charge in [-0.15, -0.1) is 0 Å². The first kappa shape index (κ1) is 21.5. The molecule has 0 fully saturated rings. The van der Waals surface area contributed by atoms with E-state index in [0.717, 1.165) is 27.6 Å². The van der Waals surface area contributed by atoms with Gasteiger partial charge in [-0.25, -0.2) is 4.98 Å². The Kier molecular flexibility index (Phi) is 6.78. The highest BCUT2D eigenvalue weighted by molar-refractivity contribution is 7.99. The second-order valence-electron chi connectivity index (χ2n) is 7.01. The minimum atomic E-state index is -0.0741. The molecule has 0 aliphatic rings. The zero-order valence-electron chi connectivity index (χ0n) is 17.6. The Balaban J connectivity index is 1.57. The van der Waals surface area contributed by atoms with Crippen LogP contribution < -0.4 is 4.74 Å². The summed E-state index contributed by atoms with van der Waals surface area (Å²) in [5, 5.41) is 9.70. The molecule has 4 rings (SSSR count). The van der Waals surface area contributed by atoms with Crippen LogP contribution in [0.2, 0.25) is 0 Å². The molecule has 4 aromatic rings. The molecule has 0 N–H and O–H groups in total. The number of furan rings is 1. The SMILES string of the molecule is COc1ccc(-n2c(SCC(=O)N(CCC#N)Cc3ccco3)nc3ccccc32)cc1. The first-order valence-corrected chi connectivity index (χ1v) is 11.1. The van der Waals surface area contributed by atoms with Crippen molar-refractivity contribution in [3.05, 3.63) is 72.7 Å². The van der Waals surface area contributed by atoms with Gasteiger partial charge in [-0.3, -0.25) is 9.36 Å². The van der Waals surface area contributed by atoms with Crippen molar-refractivity contribution >= 4 is 28.7 Å². The molecule has 0 unspecified atom stereocenters. The number of aromatic nitrogens is 2. The summed E-state index contributed by atoms with van der Waals surface area (Å²) in [6, 6.07) is 21.3. The molecule has 0 aliphatic carbocycles. The lowest BCUT2D eigenvalue weighted by atomic mass is 10.2. The first-order chi connectivity index (χ1) is 15.7. The summed E-state index contributed by atoms with van der Waals surface area (Å²) >= 11 is 1.38. The molecular formula is C24H22N4O3S. The number of rotatable bonds is 9. The second kappa shape index (κ2) is 10.1. The third kappa shape index (κ3) is 4.79. The molecule has 7 nitrogen and oxygen atoms in total. The molecule has 2 heterocycles. The van der Waals surface area contributed by atoms with E-state index in [0.29, 0.717) is 18.8 Å². The maximum Gasteiger partial charge on any atom is 0.233 e. The van der Waals surface area contributed by atoms with Crippen LogP contribution in [0.5, 0.6) is 5.75 Å². The molecule has 2 aromatic carbocycles. The van der Waals surface area contributed by atoms with Crippen molar-refractivity contribution in [1.82, 2.24) is 14.5 Å². The highest BCUT2D eigenvalue weighted by Crippen LogP contribution is 2.29. The Morgan fingerprint density at radius 1 is 1.19 bits per heavy atom. The summed E-state index contributed by atoms with van der Waals surface area (Å²) in [4.78, 5) is 19.4. The quantitative estimate of drug-likeness (QED) is 0.348. The number of hydrogen-bond acceptors (Lipinski definition) is 6. The Bertz CT molecular complexity index is 1230. The van der Waals surface area contributed by atoms with Gasteiger partial charge in [-0.05, 0) is 48.5 Å². The molecule has 0 saturated heterocycles. The van der Waals surface area contributed by atoms with Crippen LogP contribution in [0, 0.1) is 11.3 Å². The number of benzene rings is 2. The lowest BCUT2D eigenvalue weighted by molar-refractivity contribution is -0.129. The number of para-hydroxylation sites is 2. The van der Waals surface area contributed by atoms with Crippen LogP contribution in [0.3, 0.4) is 0 Å². The van der Waals surface area contributed by atoms with Crippen molar-refractivity contribution < 1.29 is 13.9 Å². The number of ether oxygens (including phenoxy) is 1. The maximum absolute atomic E-state index is 13.0. The van der Waals surface area contributed by atoms with Crippen molar-refractivity contribution in [2.75, 3.05) is 19.4 Å². The highest BCUT2D eigenvalue weighted by Gasteiger charge is 2.19. The topological polar surface area (TPSA) is 84.3 Å². The molecule has 8 heteroatoms. The largest absolute Gasteiger partial charge is 0.497 e. The molecule has 0 bridgehead atoms. The molecule has 0 radical (unpaired) electrons. The van der Waals surface area contributed by atoms with E-state index >= 15 is 0 Å². The van der Waals surface area contributed by atoms with Gasteiger partial charge in [-0.2, -0.15) is 5.26 Å². The van der Waals surface area contributed by atoms with E-state index in [1.807, 2.05) is 59.2 Å². The summed E-state index contributed by atoms with van der Waals surface area (Å²) in [6.07, 6.45) is 1.84. The highest BCUT2D eigenvalue weighted by atomic mass is 32.2. The average Bonchev–Trinajstić information content (AvgIpc) is 3.47. The van der Waals surface area contributed by atoms with Gasteiger partial charge in [0.15, 0.2) is 5.16 Å². The molecule has 32 heavy (non-hydrogen) atoms. The summed E-state index contributed by atoms with van der Waals surface area (Å²) in [7, 11) is 1.63. The summed E-state index contributed by atoms with van der Waals surface area (Å²) in [6.45, 7) is 0.689. The van der Waals surface area contributed by atoms with Crippen LogP contribution >= 0.6 is 11.8 Å². The van der Waals surface area contributed by atoms with Crippen molar-refractivity contribution in [3.63, 3.8) is 0 Å². The summed E-state index contributed by atoms with van der Waals surface area (Å²) < 4.78 is 12.7. The lowest BCUT2D eigenvalue weighted by Crippen LogP contribution is -2.32. The third-order valence-electron chi connectivity index (χ3n) is 4.96. The Hall–Kier alpha value is -3.70. The third-order valence-corrected chi connectivity index (χ3v) is 5.88. The molecule has 1 amide bonds. The van der Waals surface area contributed by atoms with Crippen LogP contribution in [0.1, 0.15) is 12.2 Å². The molecule has 0 aliphatic heterocycles. The van der Waals surface area contributed by atoms with Gasteiger partial charge in [0.1, 0.15) is 11.5 Å². The maximum atomic E-state index is 13.0. The fraction of sp³-hybridized carbons (Fsp3) is 0.208. The van der Waals surface area contributed by atoms with Crippen LogP contribution in [0.15, 0.2) is 76.5 Å². The molecule has 0 atom stereocenters. The zero-order chi connectivity index (χ0) is 22.3. The summed E-state index contributed by atoms with van der Waals surface area (Å²) in [5.74, 6) is 1.58. The summed E-state index contributed by atoms with van der Waals surface area (Å²) in [5.41, 5.74) is 2.76. The van der Waals surface area contributed by atoms with E-state index in [1.165, 1.54) is 11.8 Å². The minimum Gasteiger partial charge on any atom is -0.497 e. The van der Waals surface area contributed by atoms with Gasteiger partial charge < -0.3 is 14.1 Å². The first-order valence-electron chi connectivity index (χ1n) is 10.1. The number of methoxy groups -OCH3 is 1. The van der Waals surface area contributed by atoms with Crippen molar-refractivity contribution in [2.45, 2.75) is 18.1 Å². The van der Waals surface area contributed by atoms with Crippen LogP contribution in [0.4, 0.5) is 0 Å². The van der Waals surface area contributed by atoms with Gasteiger partial charge in [0.2, 0.25) is 5.91 Å². The van der Waals surface area contributed by atoms with Gasteiger partial charge >= 0.3 is 0 Å². The minimum absolute atomic E-state index is 0.0741. The number of fused-ring (bicyclic) bond motifs is 1. The lowest BCUT2D eigenvalue weighted by Gasteiger charge is -2.20. The molecule has 2 aromatic heterocycles. The normalized spacial score (nSPS) is 10.8. The van der Waals surface area contributed by atoms with Gasteiger partial charge in [0.25, 0.3) is 0 Å².